The van der Waals surface area contributed by atoms with Gasteiger partial charge in [0.1, 0.15) is 0 Å². The van der Waals surface area contributed by atoms with Crippen molar-refractivity contribution in [3.63, 3.8) is 0 Å². The summed E-state index contributed by atoms with van der Waals surface area (Å²) < 4.78 is 0. The van der Waals surface area contributed by atoms with Crippen LogP contribution in [-0.4, -0.2) is 9.97 Å². The zero-order chi connectivity index (χ0) is 10.8. The van der Waals surface area contributed by atoms with E-state index in [1.54, 1.807) is 6.92 Å². The van der Waals surface area contributed by atoms with Gasteiger partial charge >= 0.3 is 0 Å². The van der Waals surface area contributed by atoms with Crippen LogP contribution in [0.4, 0.5) is 5.95 Å². The van der Waals surface area contributed by atoms with Crippen molar-refractivity contribution in [2.75, 3.05) is 5.73 Å². The topological polar surface area (TPSA) is 71.8 Å². The van der Waals surface area contributed by atoms with Crippen LogP contribution >= 0.6 is 0 Å². The third-order valence-electron chi connectivity index (χ3n) is 2.18. The second-order valence-electron chi connectivity index (χ2n) is 3.28. The van der Waals surface area contributed by atoms with Crippen LogP contribution in [0.15, 0.2) is 35.1 Å². The smallest absolute Gasteiger partial charge is 0.260 e. The van der Waals surface area contributed by atoms with Crippen molar-refractivity contribution in [2.24, 2.45) is 0 Å². The second-order valence-corrected chi connectivity index (χ2v) is 3.28. The first-order valence-corrected chi connectivity index (χ1v) is 4.60. The minimum Gasteiger partial charge on any atom is -0.369 e. The first-order chi connectivity index (χ1) is 7.18. The largest absolute Gasteiger partial charge is 0.369 e. The molecule has 0 bridgehead atoms. The minimum atomic E-state index is -0.203. The van der Waals surface area contributed by atoms with Gasteiger partial charge in [0.2, 0.25) is 5.95 Å². The van der Waals surface area contributed by atoms with Gasteiger partial charge in [0, 0.05) is 0 Å². The molecule has 0 aliphatic heterocycles. The minimum absolute atomic E-state index is 0.150. The first-order valence-electron chi connectivity index (χ1n) is 4.60. The van der Waals surface area contributed by atoms with Gasteiger partial charge in [0.05, 0.1) is 11.3 Å². The molecule has 0 atom stereocenters. The fraction of sp³-hybridized carbons (Fsp3) is 0.0909. The summed E-state index contributed by atoms with van der Waals surface area (Å²) in [5, 5.41) is 0. The zero-order valence-electron chi connectivity index (χ0n) is 8.32. The van der Waals surface area contributed by atoms with Gasteiger partial charge in [-0.05, 0) is 12.5 Å². The number of nitrogens with zero attached hydrogens (tertiary/aromatic N) is 1. The van der Waals surface area contributed by atoms with Crippen molar-refractivity contribution in [3.05, 3.63) is 46.4 Å². The van der Waals surface area contributed by atoms with E-state index in [4.69, 9.17) is 5.73 Å². The Hall–Kier alpha value is -2.10. The molecule has 1 heterocycles. The normalized spacial score (nSPS) is 10.2. The van der Waals surface area contributed by atoms with Crippen LogP contribution in [-0.2, 0) is 0 Å². The van der Waals surface area contributed by atoms with Crippen molar-refractivity contribution in [2.45, 2.75) is 6.92 Å². The Bertz CT molecular complexity index is 531. The van der Waals surface area contributed by atoms with Crippen LogP contribution in [0.2, 0.25) is 0 Å². The quantitative estimate of drug-likeness (QED) is 0.731. The lowest BCUT2D eigenvalue weighted by Gasteiger charge is -2.04. The van der Waals surface area contributed by atoms with Gasteiger partial charge in [-0.3, -0.25) is 9.78 Å². The molecule has 15 heavy (non-hydrogen) atoms. The van der Waals surface area contributed by atoms with Gasteiger partial charge in [-0.25, -0.2) is 4.98 Å². The Labute approximate surface area is 86.8 Å². The van der Waals surface area contributed by atoms with Crippen LogP contribution < -0.4 is 11.3 Å². The Balaban J connectivity index is 2.69. The molecule has 0 saturated heterocycles. The molecule has 0 spiro atoms. The zero-order valence-corrected chi connectivity index (χ0v) is 8.32. The van der Waals surface area contributed by atoms with Crippen molar-refractivity contribution < 1.29 is 0 Å². The average Bonchev–Trinajstić information content (AvgIpc) is 2.17. The molecule has 4 heteroatoms. The molecule has 4 nitrogen and oxygen atoms in total. The predicted octanol–water partition coefficient (Wildman–Crippen LogP) is 1.33. The molecule has 0 unspecified atom stereocenters. The summed E-state index contributed by atoms with van der Waals surface area (Å²) in [7, 11) is 0. The van der Waals surface area contributed by atoms with Crippen molar-refractivity contribution >= 4 is 5.95 Å². The molecule has 1 aromatic carbocycles. The van der Waals surface area contributed by atoms with Gasteiger partial charge in [-0.15, -0.1) is 0 Å². The number of H-pyrrole nitrogens is 1. The Morgan fingerprint density at radius 3 is 2.53 bits per heavy atom. The van der Waals surface area contributed by atoms with E-state index in [1.165, 1.54) is 0 Å². The lowest BCUT2D eigenvalue weighted by molar-refractivity contribution is 1.09. The second kappa shape index (κ2) is 3.57. The molecule has 0 saturated carbocycles. The Kier molecular flexibility index (Phi) is 2.25. The summed E-state index contributed by atoms with van der Waals surface area (Å²) in [6.45, 7) is 1.77. The summed E-state index contributed by atoms with van der Waals surface area (Å²) in [6.07, 6.45) is 0. The third kappa shape index (κ3) is 1.74. The molecule has 0 amide bonds. The van der Waals surface area contributed by atoms with Crippen LogP contribution in [0, 0.1) is 6.92 Å². The molecule has 0 radical (unpaired) electrons. The summed E-state index contributed by atoms with van der Waals surface area (Å²) in [6, 6.07) is 9.40. The highest BCUT2D eigenvalue weighted by Crippen LogP contribution is 2.17. The SMILES string of the molecule is Cc1nc(N)[nH]c(=O)c1-c1ccccc1. The fourth-order valence-electron chi connectivity index (χ4n) is 1.55. The van der Waals surface area contributed by atoms with Crippen molar-refractivity contribution in [3.8, 4) is 11.1 Å². The van der Waals surface area contributed by atoms with E-state index in [0.717, 1.165) is 5.56 Å². The number of nitrogen functional groups attached to an aromatic ring is 1. The van der Waals surface area contributed by atoms with E-state index >= 15 is 0 Å². The molecular formula is C11H11N3O. The maximum Gasteiger partial charge on any atom is 0.260 e. The summed E-state index contributed by atoms with van der Waals surface area (Å²) in [4.78, 5) is 18.2. The maximum absolute atomic E-state index is 11.7. The molecule has 1 aromatic heterocycles. The number of aryl methyl sites for hydroxylation is 1. The molecule has 2 aromatic rings. The van der Waals surface area contributed by atoms with Gasteiger partial charge < -0.3 is 5.73 Å². The molecular weight excluding hydrogens is 190 g/mol. The predicted molar refractivity (Wildman–Crippen MR) is 59.4 cm³/mol. The van der Waals surface area contributed by atoms with Gasteiger partial charge in [-0.2, -0.15) is 0 Å². The third-order valence-corrected chi connectivity index (χ3v) is 2.18. The van der Waals surface area contributed by atoms with E-state index in [9.17, 15) is 4.79 Å². The number of aromatic nitrogens is 2. The lowest BCUT2D eigenvalue weighted by Crippen LogP contribution is -2.15. The van der Waals surface area contributed by atoms with Gasteiger partial charge in [0.15, 0.2) is 0 Å². The van der Waals surface area contributed by atoms with E-state index in [1.807, 2.05) is 30.3 Å². The number of anilines is 1. The molecule has 0 aliphatic rings. The van der Waals surface area contributed by atoms with Crippen LogP contribution in [0.5, 0.6) is 0 Å². The number of hydrogen-bond donors (Lipinski definition) is 2. The Morgan fingerprint density at radius 2 is 1.93 bits per heavy atom. The highest BCUT2D eigenvalue weighted by atomic mass is 16.1. The van der Waals surface area contributed by atoms with E-state index in [2.05, 4.69) is 9.97 Å². The van der Waals surface area contributed by atoms with Gasteiger partial charge in [-0.1, -0.05) is 30.3 Å². The molecule has 2 rings (SSSR count). The lowest BCUT2D eigenvalue weighted by atomic mass is 10.1. The van der Waals surface area contributed by atoms with Gasteiger partial charge in [0.25, 0.3) is 5.56 Å². The monoisotopic (exact) mass is 201 g/mol. The average molecular weight is 201 g/mol. The number of nitrogens with one attached hydrogen (secondary N) is 1. The van der Waals surface area contributed by atoms with E-state index in [0.29, 0.717) is 11.3 Å². The summed E-state index contributed by atoms with van der Waals surface area (Å²) in [5.74, 6) is 0.150. The first kappa shape index (κ1) is 9.45. The molecule has 0 fully saturated rings. The number of aromatic amines is 1. The Morgan fingerprint density at radius 1 is 1.27 bits per heavy atom. The van der Waals surface area contributed by atoms with Crippen LogP contribution in [0.25, 0.3) is 11.1 Å². The van der Waals surface area contributed by atoms with E-state index in [-0.39, 0.29) is 11.5 Å². The van der Waals surface area contributed by atoms with E-state index < -0.39 is 0 Å². The highest BCUT2D eigenvalue weighted by Gasteiger charge is 2.08. The van der Waals surface area contributed by atoms with Crippen molar-refractivity contribution in [1.29, 1.82) is 0 Å². The molecule has 3 N–H and O–H groups in total. The summed E-state index contributed by atoms with van der Waals surface area (Å²) in [5.41, 5.74) is 7.30. The number of benzene rings is 1. The molecule has 0 aliphatic carbocycles. The number of hydrogen-bond acceptors (Lipinski definition) is 3. The number of rotatable bonds is 1. The molecule has 76 valence electrons. The fourth-order valence-corrected chi connectivity index (χ4v) is 1.55. The standard InChI is InChI=1S/C11H11N3O/c1-7-9(8-5-3-2-4-6-8)10(15)14-11(12)13-7/h2-6H,1H3,(H3,12,13,14,15). The summed E-state index contributed by atoms with van der Waals surface area (Å²) >= 11 is 0. The van der Waals surface area contributed by atoms with Crippen LogP contribution in [0.3, 0.4) is 0 Å². The highest BCUT2D eigenvalue weighted by molar-refractivity contribution is 5.64. The van der Waals surface area contributed by atoms with Crippen molar-refractivity contribution in [1.82, 2.24) is 9.97 Å². The maximum atomic E-state index is 11.7. The van der Waals surface area contributed by atoms with Crippen LogP contribution in [0.1, 0.15) is 5.69 Å². The number of nitrogens with two attached hydrogens (primary N) is 1.